The van der Waals surface area contributed by atoms with E-state index < -0.39 is 88.9 Å². The minimum absolute atomic E-state index is 0.109. The Morgan fingerprint density at radius 3 is 2.10 bits per heavy atom. The molecule has 0 aliphatic carbocycles. The monoisotopic (exact) mass is 725 g/mol. The van der Waals surface area contributed by atoms with Crippen molar-refractivity contribution in [1.29, 1.82) is 0 Å². The lowest BCUT2D eigenvalue weighted by Gasteiger charge is -2.35. The molecule has 274 valence electrons. The van der Waals surface area contributed by atoms with E-state index in [4.69, 9.17) is 9.47 Å². The summed E-state index contributed by atoms with van der Waals surface area (Å²) in [4.78, 5) is 55.9. The zero-order valence-corrected chi connectivity index (χ0v) is 28.0. The molecule has 0 aromatic heterocycles. The number of nitrogens with one attached hydrogen (secondary N) is 1. The minimum Gasteiger partial charge on any atom is -0.463 e. The summed E-state index contributed by atoms with van der Waals surface area (Å²) in [6, 6.07) is 12.3. The number of esters is 2. The Kier molecular flexibility index (Phi) is 10.8. The zero-order valence-electron chi connectivity index (χ0n) is 28.0. The van der Waals surface area contributed by atoms with Gasteiger partial charge in [-0.25, -0.2) is 9.18 Å². The number of anilines is 3. The van der Waals surface area contributed by atoms with Gasteiger partial charge in [0.25, 0.3) is 11.8 Å². The third kappa shape index (κ3) is 8.26. The molecule has 1 aliphatic heterocycles. The van der Waals surface area contributed by atoms with Crippen molar-refractivity contribution in [2.45, 2.75) is 63.8 Å². The van der Waals surface area contributed by atoms with E-state index in [9.17, 15) is 45.5 Å². The quantitative estimate of drug-likeness (QED) is 0.224. The fourth-order valence-electron chi connectivity index (χ4n) is 5.30. The van der Waals surface area contributed by atoms with Crippen LogP contribution in [0, 0.1) is 6.92 Å². The maximum absolute atomic E-state index is 15.4. The summed E-state index contributed by atoms with van der Waals surface area (Å²) in [6.07, 6.45) is -13.4. The van der Waals surface area contributed by atoms with Gasteiger partial charge in [-0.1, -0.05) is 24.3 Å². The van der Waals surface area contributed by atoms with Crippen LogP contribution in [-0.2, 0) is 24.7 Å². The van der Waals surface area contributed by atoms with Crippen LogP contribution in [-0.4, -0.2) is 67.9 Å². The molecule has 2 bridgehead atoms. The summed E-state index contributed by atoms with van der Waals surface area (Å²) in [5.41, 5.74) is -10.1. The number of halogens is 7. The van der Waals surface area contributed by atoms with Crippen molar-refractivity contribution in [3.63, 3.8) is 0 Å². The van der Waals surface area contributed by atoms with E-state index in [0.29, 0.717) is 6.07 Å². The first-order valence-corrected chi connectivity index (χ1v) is 15.4. The third-order valence-electron chi connectivity index (χ3n) is 7.89. The number of ether oxygens (including phenoxy) is 2. The summed E-state index contributed by atoms with van der Waals surface area (Å²) in [5, 5.41) is 2.46. The number of amides is 2. The second-order valence-electron chi connectivity index (χ2n) is 12.8. The lowest BCUT2D eigenvalue weighted by molar-refractivity contribution is -0.348. The van der Waals surface area contributed by atoms with Crippen LogP contribution in [0.15, 0.2) is 66.7 Å². The topological polar surface area (TPSA) is 105 Å². The lowest BCUT2D eigenvalue weighted by atomic mass is 9.91. The molecule has 1 heterocycles. The van der Waals surface area contributed by atoms with Gasteiger partial charge in [0.2, 0.25) is 0 Å². The molecule has 9 nitrogen and oxygen atoms in total. The molecule has 1 aliphatic rings. The first-order valence-electron chi connectivity index (χ1n) is 15.4. The number of nitrogens with zero attached hydrogens (tertiary/aromatic N) is 2. The van der Waals surface area contributed by atoms with Crippen molar-refractivity contribution in [3.05, 3.63) is 89.0 Å². The summed E-state index contributed by atoms with van der Waals surface area (Å²) >= 11 is 0. The first-order chi connectivity index (χ1) is 23.5. The van der Waals surface area contributed by atoms with Crippen LogP contribution >= 0.6 is 0 Å². The number of likely N-dealkylation sites (N-methyl/N-ethyl adjacent to an activating group) is 1. The number of rotatable bonds is 3. The smallest absolute Gasteiger partial charge is 0.435 e. The van der Waals surface area contributed by atoms with Crippen LogP contribution < -0.4 is 15.1 Å². The Bertz CT molecular complexity index is 1790. The number of benzene rings is 3. The van der Waals surface area contributed by atoms with Crippen LogP contribution in [0.2, 0.25) is 0 Å². The molecule has 0 radical (unpaired) electrons. The van der Waals surface area contributed by atoms with Crippen molar-refractivity contribution in [3.8, 4) is 0 Å². The van der Waals surface area contributed by atoms with Gasteiger partial charge in [-0.2, -0.15) is 26.3 Å². The molecule has 0 fully saturated rings. The Balaban J connectivity index is 1.95. The van der Waals surface area contributed by atoms with Gasteiger partial charge in [0.15, 0.2) is 6.04 Å². The highest BCUT2D eigenvalue weighted by molar-refractivity contribution is 6.09. The SMILES string of the molecule is Cc1cc(C(F)(C(F)(F)F)C(F)(F)F)cc2c1NC(=O)c1cccc(c1)N(C(=O)c1ccccc1)CCC(=O)OCC(C(=O)OC(C)(C)C)N2C. The Morgan fingerprint density at radius 2 is 1.51 bits per heavy atom. The van der Waals surface area contributed by atoms with E-state index >= 15 is 4.39 Å². The Hall–Kier alpha value is -5.15. The number of alkyl halides is 7. The van der Waals surface area contributed by atoms with Gasteiger partial charge >= 0.3 is 30.0 Å². The molecule has 4 rings (SSSR count). The van der Waals surface area contributed by atoms with E-state index in [1.807, 2.05) is 0 Å². The summed E-state index contributed by atoms with van der Waals surface area (Å²) in [6.45, 7) is 4.38. The van der Waals surface area contributed by atoms with Crippen molar-refractivity contribution in [2.24, 2.45) is 0 Å². The van der Waals surface area contributed by atoms with E-state index in [0.717, 1.165) is 18.9 Å². The minimum atomic E-state index is -6.48. The van der Waals surface area contributed by atoms with Gasteiger partial charge in [-0.05, 0) is 75.7 Å². The summed E-state index contributed by atoms with van der Waals surface area (Å²) < 4.78 is 110. The second kappa shape index (κ2) is 14.2. The molecule has 1 unspecified atom stereocenters. The zero-order chi connectivity index (χ0) is 38.1. The number of carbonyl (C=O) groups excluding carboxylic acids is 4. The molecule has 51 heavy (non-hydrogen) atoms. The van der Waals surface area contributed by atoms with Gasteiger partial charge in [0, 0.05) is 36.0 Å². The number of carbonyl (C=O) groups is 4. The fourth-order valence-corrected chi connectivity index (χ4v) is 5.30. The van der Waals surface area contributed by atoms with E-state index in [1.165, 1.54) is 62.1 Å². The molecule has 0 saturated carbocycles. The average Bonchev–Trinajstić information content (AvgIpc) is 3.03. The van der Waals surface area contributed by atoms with Crippen LogP contribution in [0.3, 0.4) is 0 Å². The van der Waals surface area contributed by atoms with Gasteiger partial charge in [0.1, 0.15) is 12.2 Å². The van der Waals surface area contributed by atoms with Gasteiger partial charge < -0.3 is 24.6 Å². The molecule has 0 saturated heterocycles. The van der Waals surface area contributed by atoms with Gasteiger partial charge in [-0.15, -0.1) is 0 Å². The van der Waals surface area contributed by atoms with Crippen LogP contribution in [0.4, 0.5) is 47.8 Å². The molecular weight excluding hydrogens is 691 g/mol. The highest BCUT2D eigenvalue weighted by atomic mass is 19.4. The van der Waals surface area contributed by atoms with Crippen molar-refractivity contribution >= 4 is 40.8 Å². The van der Waals surface area contributed by atoms with Crippen LogP contribution in [0.5, 0.6) is 0 Å². The molecular formula is C35H34F7N3O6. The van der Waals surface area contributed by atoms with Crippen LogP contribution in [0.1, 0.15) is 59.0 Å². The third-order valence-corrected chi connectivity index (χ3v) is 7.89. The Morgan fingerprint density at radius 1 is 0.882 bits per heavy atom. The lowest BCUT2D eigenvalue weighted by Crippen LogP contribution is -2.51. The van der Waals surface area contributed by atoms with Crippen LogP contribution in [0.25, 0.3) is 0 Å². The molecule has 16 heteroatoms. The number of hydrogen-bond acceptors (Lipinski definition) is 7. The number of cyclic esters (lactones) is 1. The molecule has 3 aromatic carbocycles. The standard InChI is InChI=1S/C35H34F7N3O6/c1-20-16-23(33(36,34(37,38)39)35(40,41)42)18-25-28(20)43-29(47)22-12-9-13-24(17-22)45(30(48)21-10-7-6-8-11-21)15-14-27(46)50-19-26(44(25)5)31(49)51-32(2,3)4/h6-13,16-18,26H,14-15,19H2,1-5H3,(H,43,47). The normalized spacial score (nSPS) is 16.7. The number of aryl methyl sites for hydroxylation is 1. The van der Waals surface area contributed by atoms with Gasteiger partial charge in [-0.3, -0.25) is 14.4 Å². The van der Waals surface area contributed by atoms with Crippen molar-refractivity contribution < 1.29 is 59.4 Å². The second-order valence-corrected chi connectivity index (χ2v) is 12.8. The fraction of sp³-hybridized carbons (Fsp3) is 0.371. The molecule has 2 amide bonds. The predicted octanol–water partition coefficient (Wildman–Crippen LogP) is 7.28. The van der Waals surface area contributed by atoms with E-state index in [1.54, 1.807) is 18.2 Å². The van der Waals surface area contributed by atoms with E-state index in [2.05, 4.69) is 5.32 Å². The maximum Gasteiger partial charge on any atom is 0.435 e. The number of hydrogen-bond donors (Lipinski definition) is 1. The summed E-state index contributed by atoms with van der Waals surface area (Å²) in [5.74, 6) is -3.53. The molecule has 1 atom stereocenters. The highest BCUT2D eigenvalue weighted by Crippen LogP contribution is 2.54. The molecule has 3 aromatic rings. The molecule has 1 N–H and O–H groups in total. The maximum atomic E-state index is 15.4. The average molecular weight is 726 g/mol. The van der Waals surface area contributed by atoms with Crippen molar-refractivity contribution in [2.75, 3.05) is 35.3 Å². The van der Waals surface area contributed by atoms with Gasteiger partial charge in [0.05, 0.1) is 17.8 Å². The summed E-state index contributed by atoms with van der Waals surface area (Å²) in [7, 11) is 1.07. The number of fused-ring (bicyclic) bond motifs is 3. The highest BCUT2D eigenvalue weighted by Gasteiger charge is 2.73. The van der Waals surface area contributed by atoms with E-state index in [-0.39, 0.29) is 29.4 Å². The predicted molar refractivity (Wildman–Crippen MR) is 172 cm³/mol. The molecule has 0 spiro atoms. The Labute approximate surface area is 288 Å². The van der Waals surface area contributed by atoms with Crippen molar-refractivity contribution in [1.82, 2.24) is 0 Å². The first kappa shape index (κ1) is 38.6. The largest absolute Gasteiger partial charge is 0.463 e.